The van der Waals surface area contributed by atoms with Gasteiger partial charge >= 0.3 is 0 Å². The predicted molar refractivity (Wildman–Crippen MR) is 69.9 cm³/mol. The molecule has 1 unspecified atom stereocenters. The van der Waals surface area contributed by atoms with Crippen molar-refractivity contribution in [3.8, 4) is 0 Å². The zero-order valence-corrected chi connectivity index (χ0v) is 11.7. The first-order valence-corrected chi connectivity index (χ1v) is 7.00. The Labute approximate surface area is 113 Å². The molecule has 1 aliphatic rings. The van der Waals surface area contributed by atoms with E-state index < -0.39 is 0 Å². The molecule has 1 rings (SSSR count). The number of halogens is 2. The summed E-state index contributed by atoms with van der Waals surface area (Å²) in [4.78, 5) is 16.1. The number of rotatable bonds is 6. The molecule has 1 fully saturated rings. The lowest BCUT2D eigenvalue weighted by Crippen LogP contribution is -2.51. The van der Waals surface area contributed by atoms with Gasteiger partial charge in [0, 0.05) is 37.9 Å². The molecule has 1 aliphatic heterocycles. The van der Waals surface area contributed by atoms with Crippen molar-refractivity contribution >= 4 is 29.1 Å². The Morgan fingerprint density at radius 2 is 1.82 bits per heavy atom. The Kier molecular flexibility index (Phi) is 7.19. The number of nitrogens with zero attached hydrogens (tertiary/aromatic N) is 2. The summed E-state index contributed by atoms with van der Waals surface area (Å²) in [6.45, 7) is 5.90. The summed E-state index contributed by atoms with van der Waals surface area (Å²) < 4.78 is 5.24. The predicted octanol–water partition coefficient (Wildman–Crippen LogP) is 1.01. The summed E-state index contributed by atoms with van der Waals surface area (Å²) in [6, 6.07) is -0.161. The van der Waals surface area contributed by atoms with Crippen LogP contribution in [0.3, 0.4) is 0 Å². The molecular weight excluding hydrogens is 263 g/mol. The number of hydrogen-bond donors (Lipinski definition) is 0. The van der Waals surface area contributed by atoms with E-state index in [0.717, 1.165) is 0 Å². The fourth-order valence-electron chi connectivity index (χ4n) is 1.92. The Balaban J connectivity index is 2.51. The highest BCUT2D eigenvalue weighted by Crippen LogP contribution is 2.07. The second kappa shape index (κ2) is 8.14. The maximum Gasteiger partial charge on any atom is 0.239 e. The lowest BCUT2D eigenvalue weighted by Gasteiger charge is -2.33. The summed E-state index contributed by atoms with van der Waals surface area (Å²) in [7, 11) is 0. The maximum absolute atomic E-state index is 12.2. The number of morpholine rings is 1. The quantitative estimate of drug-likeness (QED) is 0.682. The van der Waals surface area contributed by atoms with E-state index >= 15 is 0 Å². The smallest absolute Gasteiger partial charge is 0.239 e. The summed E-state index contributed by atoms with van der Waals surface area (Å²) in [5.41, 5.74) is 0. The second-order valence-electron chi connectivity index (χ2n) is 4.03. The van der Waals surface area contributed by atoms with Crippen LogP contribution in [0, 0.1) is 0 Å². The minimum absolute atomic E-state index is 0.142. The average Bonchev–Trinajstić information content (AvgIpc) is 2.38. The van der Waals surface area contributed by atoms with Gasteiger partial charge in [0.2, 0.25) is 5.91 Å². The van der Waals surface area contributed by atoms with Gasteiger partial charge in [0.1, 0.15) is 0 Å². The zero-order chi connectivity index (χ0) is 12.7. The Bertz CT molecular complexity index is 230. The third-order valence-electron chi connectivity index (χ3n) is 2.97. The van der Waals surface area contributed by atoms with E-state index in [1.54, 1.807) is 0 Å². The third kappa shape index (κ3) is 4.62. The monoisotopic (exact) mass is 282 g/mol. The fraction of sp³-hybridized carbons (Fsp3) is 0.909. The van der Waals surface area contributed by atoms with Crippen molar-refractivity contribution in [2.75, 3.05) is 51.2 Å². The van der Waals surface area contributed by atoms with Gasteiger partial charge in [0.25, 0.3) is 0 Å². The summed E-state index contributed by atoms with van der Waals surface area (Å²) in [5.74, 6) is 1.17. The highest BCUT2D eigenvalue weighted by molar-refractivity contribution is 6.18. The number of carbonyl (C=O) groups is 1. The van der Waals surface area contributed by atoms with Gasteiger partial charge in [-0.2, -0.15) is 0 Å². The van der Waals surface area contributed by atoms with Crippen LogP contribution in [0.5, 0.6) is 0 Å². The SMILES string of the molecule is CC(C(=O)N1CCOCC1)N(CCCl)CCCl. The van der Waals surface area contributed by atoms with Crippen LogP contribution < -0.4 is 0 Å². The van der Waals surface area contributed by atoms with Crippen molar-refractivity contribution < 1.29 is 9.53 Å². The van der Waals surface area contributed by atoms with Crippen molar-refractivity contribution in [1.82, 2.24) is 9.80 Å². The van der Waals surface area contributed by atoms with Crippen LogP contribution in [0.2, 0.25) is 0 Å². The molecular formula is C11H20Cl2N2O2. The normalized spacial score (nSPS) is 18.5. The van der Waals surface area contributed by atoms with Crippen molar-refractivity contribution in [2.24, 2.45) is 0 Å². The van der Waals surface area contributed by atoms with Crippen LogP contribution >= 0.6 is 23.2 Å². The van der Waals surface area contributed by atoms with E-state index in [4.69, 9.17) is 27.9 Å². The van der Waals surface area contributed by atoms with Crippen molar-refractivity contribution in [3.63, 3.8) is 0 Å². The van der Waals surface area contributed by atoms with E-state index in [1.807, 2.05) is 16.7 Å². The van der Waals surface area contributed by atoms with Crippen LogP contribution in [0.25, 0.3) is 0 Å². The van der Waals surface area contributed by atoms with Gasteiger partial charge in [-0.3, -0.25) is 9.69 Å². The molecule has 1 amide bonds. The lowest BCUT2D eigenvalue weighted by atomic mass is 10.2. The molecule has 1 heterocycles. The summed E-state index contributed by atoms with van der Waals surface area (Å²) in [5, 5.41) is 0. The van der Waals surface area contributed by atoms with E-state index in [0.29, 0.717) is 51.2 Å². The zero-order valence-electron chi connectivity index (χ0n) is 10.2. The number of hydrogen-bond acceptors (Lipinski definition) is 3. The molecule has 4 nitrogen and oxygen atoms in total. The molecule has 0 aromatic heterocycles. The van der Waals surface area contributed by atoms with Gasteiger partial charge in [-0.05, 0) is 6.92 Å². The van der Waals surface area contributed by atoms with Gasteiger partial charge < -0.3 is 9.64 Å². The molecule has 6 heteroatoms. The van der Waals surface area contributed by atoms with Gasteiger partial charge in [-0.25, -0.2) is 0 Å². The lowest BCUT2D eigenvalue weighted by molar-refractivity contribution is -0.140. The standard InChI is InChI=1S/C11H20Cl2N2O2/c1-10(14(4-2-12)5-3-13)11(16)15-6-8-17-9-7-15/h10H,2-9H2,1H3. The van der Waals surface area contributed by atoms with Crippen molar-refractivity contribution in [1.29, 1.82) is 0 Å². The molecule has 1 saturated heterocycles. The summed E-state index contributed by atoms with van der Waals surface area (Å²) >= 11 is 11.5. The minimum atomic E-state index is -0.161. The van der Waals surface area contributed by atoms with E-state index in [2.05, 4.69) is 0 Å². The Hall–Kier alpha value is -0.0300. The van der Waals surface area contributed by atoms with Crippen molar-refractivity contribution in [3.05, 3.63) is 0 Å². The van der Waals surface area contributed by atoms with Crippen molar-refractivity contribution in [2.45, 2.75) is 13.0 Å². The topological polar surface area (TPSA) is 32.8 Å². The first-order valence-electron chi connectivity index (χ1n) is 5.93. The molecule has 0 aromatic rings. The van der Waals surface area contributed by atoms with E-state index in [9.17, 15) is 4.79 Å². The molecule has 17 heavy (non-hydrogen) atoms. The number of amides is 1. The van der Waals surface area contributed by atoms with Crippen LogP contribution in [0.15, 0.2) is 0 Å². The van der Waals surface area contributed by atoms with E-state index in [1.165, 1.54) is 0 Å². The Morgan fingerprint density at radius 1 is 1.29 bits per heavy atom. The molecule has 0 bridgehead atoms. The third-order valence-corrected chi connectivity index (χ3v) is 3.31. The van der Waals surface area contributed by atoms with Gasteiger partial charge in [0.05, 0.1) is 19.3 Å². The van der Waals surface area contributed by atoms with Crippen LogP contribution in [-0.2, 0) is 9.53 Å². The average molecular weight is 283 g/mol. The van der Waals surface area contributed by atoms with E-state index in [-0.39, 0.29) is 11.9 Å². The maximum atomic E-state index is 12.2. The van der Waals surface area contributed by atoms with Gasteiger partial charge in [-0.1, -0.05) is 0 Å². The summed E-state index contributed by atoms with van der Waals surface area (Å²) in [6.07, 6.45) is 0. The van der Waals surface area contributed by atoms with Crippen LogP contribution in [0.4, 0.5) is 0 Å². The molecule has 0 N–H and O–H groups in total. The second-order valence-corrected chi connectivity index (χ2v) is 4.78. The molecule has 100 valence electrons. The fourth-order valence-corrected chi connectivity index (χ4v) is 2.35. The number of carbonyl (C=O) groups excluding carboxylic acids is 1. The minimum Gasteiger partial charge on any atom is -0.378 e. The van der Waals surface area contributed by atoms with Crippen LogP contribution in [-0.4, -0.2) is 72.9 Å². The molecule has 0 radical (unpaired) electrons. The van der Waals surface area contributed by atoms with Gasteiger partial charge in [-0.15, -0.1) is 23.2 Å². The molecule has 0 aromatic carbocycles. The van der Waals surface area contributed by atoms with Crippen LogP contribution in [0.1, 0.15) is 6.92 Å². The number of alkyl halides is 2. The largest absolute Gasteiger partial charge is 0.378 e. The molecule has 0 spiro atoms. The van der Waals surface area contributed by atoms with Gasteiger partial charge in [0.15, 0.2) is 0 Å². The highest BCUT2D eigenvalue weighted by atomic mass is 35.5. The first kappa shape index (κ1) is 15.0. The highest BCUT2D eigenvalue weighted by Gasteiger charge is 2.26. The molecule has 1 atom stereocenters. The Morgan fingerprint density at radius 3 is 2.29 bits per heavy atom. The number of ether oxygens (including phenoxy) is 1. The molecule has 0 aliphatic carbocycles. The molecule has 0 saturated carbocycles. The first-order chi connectivity index (χ1) is 8.20.